The van der Waals surface area contributed by atoms with E-state index in [-0.39, 0.29) is 4.21 Å². The van der Waals surface area contributed by atoms with Gasteiger partial charge in [0.1, 0.15) is 4.21 Å². The maximum atomic E-state index is 12.2. The number of benzene rings is 1. The first-order valence-electron chi connectivity index (χ1n) is 5.86. The highest BCUT2D eigenvalue weighted by molar-refractivity contribution is 9.11. The van der Waals surface area contributed by atoms with E-state index >= 15 is 0 Å². The van der Waals surface area contributed by atoms with Gasteiger partial charge in [-0.15, -0.1) is 11.3 Å². The van der Waals surface area contributed by atoms with E-state index in [9.17, 15) is 8.42 Å². The normalized spacial score (nSPS) is 11.4. The molecule has 0 saturated carbocycles. The zero-order valence-electron chi connectivity index (χ0n) is 11.3. The van der Waals surface area contributed by atoms with Crippen LogP contribution in [0.5, 0.6) is 0 Å². The Morgan fingerprint density at radius 1 is 1.20 bits per heavy atom. The lowest BCUT2D eigenvalue weighted by Gasteiger charge is -2.17. The van der Waals surface area contributed by atoms with E-state index < -0.39 is 10.0 Å². The quantitative estimate of drug-likeness (QED) is 0.887. The van der Waals surface area contributed by atoms with E-state index in [0.29, 0.717) is 5.69 Å². The van der Waals surface area contributed by atoms with Gasteiger partial charge in [0.05, 0.1) is 9.47 Å². The first-order chi connectivity index (χ1) is 9.29. The van der Waals surface area contributed by atoms with Crippen LogP contribution in [0.3, 0.4) is 0 Å². The third-order valence-corrected chi connectivity index (χ3v) is 6.25. The molecule has 0 amide bonds. The number of sulfonamides is 1. The zero-order chi connectivity index (χ0) is 14.9. The van der Waals surface area contributed by atoms with Crippen molar-refractivity contribution in [3.8, 4) is 0 Å². The summed E-state index contributed by atoms with van der Waals surface area (Å²) in [6.45, 7) is 1.99. The van der Waals surface area contributed by atoms with Gasteiger partial charge in [0, 0.05) is 19.8 Å². The van der Waals surface area contributed by atoms with Crippen molar-refractivity contribution in [1.29, 1.82) is 0 Å². The summed E-state index contributed by atoms with van der Waals surface area (Å²) >= 11 is 4.45. The number of aryl methyl sites for hydroxylation is 1. The Kier molecular flexibility index (Phi) is 4.41. The van der Waals surface area contributed by atoms with E-state index in [4.69, 9.17) is 0 Å². The molecule has 0 saturated heterocycles. The van der Waals surface area contributed by atoms with Crippen molar-refractivity contribution in [1.82, 2.24) is 0 Å². The van der Waals surface area contributed by atoms with Crippen molar-refractivity contribution in [3.05, 3.63) is 39.7 Å². The van der Waals surface area contributed by atoms with Crippen LogP contribution in [0.15, 0.2) is 38.3 Å². The van der Waals surface area contributed by atoms with Crippen LogP contribution in [-0.2, 0) is 10.0 Å². The maximum Gasteiger partial charge on any atom is 0.271 e. The molecule has 0 fully saturated rings. The van der Waals surface area contributed by atoms with Crippen LogP contribution in [0.4, 0.5) is 11.4 Å². The van der Waals surface area contributed by atoms with Crippen LogP contribution in [0.25, 0.3) is 0 Å². The molecule has 1 aromatic heterocycles. The van der Waals surface area contributed by atoms with Crippen LogP contribution < -0.4 is 9.62 Å². The Morgan fingerprint density at radius 2 is 1.90 bits per heavy atom. The second-order valence-corrected chi connectivity index (χ2v) is 8.93. The summed E-state index contributed by atoms with van der Waals surface area (Å²) in [4.78, 5) is 1.95. The van der Waals surface area contributed by atoms with Crippen molar-refractivity contribution in [2.75, 3.05) is 23.7 Å². The summed E-state index contributed by atoms with van der Waals surface area (Å²) in [6, 6.07) is 8.80. The first kappa shape index (κ1) is 15.3. The van der Waals surface area contributed by atoms with Crippen LogP contribution >= 0.6 is 27.3 Å². The lowest BCUT2D eigenvalue weighted by Crippen LogP contribution is -2.14. The molecule has 0 bridgehead atoms. The minimum absolute atomic E-state index is 0.288. The van der Waals surface area contributed by atoms with Gasteiger partial charge in [-0.3, -0.25) is 4.72 Å². The van der Waals surface area contributed by atoms with Crippen molar-refractivity contribution in [3.63, 3.8) is 0 Å². The lowest BCUT2D eigenvalue weighted by atomic mass is 10.2. The lowest BCUT2D eigenvalue weighted by molar-refractivity contribution is 0.603. The number of halogens is 1. The minimum atomic E-state index is -3.53. The topological polar surface area (TPSA) is 49.4 Å². The van der Waals surface area contributed by atoms with E-state index in [1.54, 1.807) is 18.2 Å². The Hall–Kier alpha value is -1.05. The molecule has 7 heteroatoms. The van der Waals surface area contributed by atoms with Gasteiger partial charge in [-0.1, -0.05) is 6.07 Å². The zero-order valence-corrected chi connectivity index (χ0v) is 14.6. The Bertz CT molecular complexity index is 724. The summed E-state index contributed by atoms with van der Waals surface area (Å²) in [7, 11) is 0.327. The van der Waals surface area contributed by atoms with Crippen molar-refractivity contribution < 1.29 is 8.42 Å². The Morgan fingerprint density at radius 3 is 2.45 bits per heavy atom. The highest BCUT2D eigenvalue weighted by Crippen LogP contribution is 2.29. The number of anilines is 2. The van der Waals surface area contributed by atoms with Gasteiger partial charge in [0.25, 0.3) is 10.0 Å². The average Bonchev–Trinajstić information content (AvgIpc) is 2.78. The van der Waals surface area contributed by atoms with E-state index in [1.165, 1.54) is 11.3 Å². The largest absolute Gasteiger partial charge is 0.377 e. The molecule has 2 rings (SSSR count). The molecule has 108 valence electrons. The van der Waals surface area contributed by atoms with Gasteiger partial charge < -0.3 is 4.90 Å². The molecule has 0 atom stereocenters. The molecule has 0 aliphatic heterocycles. The fraction of sp³-hybridized carbons (Fsp3) is 0.231. The molecular weight excluding hydrogens is 360 g/mol. The highest BCUT2D eigenvalue weighted by Gasteiger charge is 2.17. The van der Waals surface area contributed by atoms with Crippen LogP contribution in [-0.4, -0.2) is 22.5 Å². The fourth-order valence-electron chi connectivity index (χ4n) is 1.80. The molecule has 0 unspecified atom stereocenters. The average molecular weight is 375 g/mol. The van der Waals surface area contributed by atoms with Gasteiger partial charge >= 0.3 is 0 Å². The third-order valence-electron chi connectivity index (χ3n) is 2.76. The first-order valence-corrected chi connectivity index (χ1v) is 8.95. The van der Waals surface area contributed by atoms with Gasteiger partial charge in [-0.05, 0) is 52.7 Å². The van der Waals surface area contributed by atoms with Crippen LogP contribution in [0.2, 0.25) is 0 Å². The summed E-state index contributed by atoms with van der Waals surface area (Å²) in [5.41, 5.74) is 2.64. The van der Waals surface area contributed by atoms with Crippen molar-refractivity contribution in [2.24, 2.45) is 0 Å². The van der Waals surface area contributed by atoms with Gasteiger partial charge in [-0.25, -0.2) is 8.42 Å². The molecule has 2 aromatic rings. The number of nitrogens with zero attached hydrogens (tertiary/aromatic N) is 1. The SMILES string of the molecule is Cc1ccc(NS(=O)(=O)c2ccc(Br)s2)cc1N(C)C. The van der Waals surface area contributed by atoms with Crippen LogP contribution in [0, 0.1) is 6.92 Å². The van der Waals surface area contributed by atoms with Crippen molar-refractivity contribution >= 4 is 48.7 Å². The predicted molar refractivity (Wildman–Crippen MR) is 88.3 cm³/mol. The Labute approximate surface area is 131 Å². The third kappa shape index (κ3) is 3.34. The number of nitrogens with one attached hydrogen (secondary N) is 1. The van der Waals surface area contributed by atoms with Crippen molar-refractivity contribution in [2.45, 2.75) is 11.1 Å². The molecule has 0 aliphatic carbocycles. The highest BCUT2D eigenvalue weighted by atomic mass is 79.9. The molecule has 0 radical (unpaired) electrons. The van der Waals surface area contributed by atoms with E-state index in [0.717, 1.165) is 15.0 Å². The van der Waals surface area contributed by atoms with Gasteiger partial charge in [0.15, 0.2) is 0 Å². The molecule has 0 aliphatic rings. The Balaban J connectivity index is 2.32. The maximum absolute atomic E-state index is 12.2. The molecular formula is C13H15BrN2O2S2. The summed E-state index contributed by atoms with van der Waals surface area (Å²) in [5.74, 6) is 0. The summed E-state index contributed by atoms with van der Waals surface area (Å²) in [5, 5.41) is 0. The summed E-state index contributed by atoms with van der Waals surface area (Å²) < 4.78 is 28.2. The van der Waals surface area contributed by atoms with Gasteiger partial charge in [0.2, 0.25) is 0 Å². The molecule has 1 heterocycles. The summed E-state index contributed by atoms with van der Waals surface area (Å²) in [6.07, 6.45) is 0. The minimum Gasteiger partial charge on any atom is -0.377 e. The smallest absolute Gasteiger partial charge is 0.271 e. The van der Waals surface area contributed by atoms with Gasteiger partial charge in [-0.2, -0.15) is 0 Å². The molecule has 0 spiro atoms. The van der Waals surface area contributed by atoms with E-state index in [2.05, 4.69) is 20.7 Å². The second-order valence-electron chi connectivity index (χ2n) is 4.56. The predicted octanol–water partition coefficient (Wildman–Crippen LogP) is 3.69. The number of hydrogen-bond acceptors (Lipinski definition) is 4. The monoisotopic (exact) mass is 374 g/mol. The number of rotatable bonds is 4. The fourth-order valence-corrected chi connectivity index (χ4v) is 4.86. The number of thiophene rings is 1. The molecule has 1 aromatic carbocycles. The standard InChI is InChI=1S/C13H15BrN2O2S2/c1-9-4-5-10(8-11(9)16(2)3)15-20(17,18)13-7-6-12(14)19-13/h4-8,15H,1-3H3. The number of hydrogen-bond donors (Lipinski definition) is 1. The van der Waals surface area contributed by atoms with Crippen LogP contribution in [0.1, 0.15) is 5.56 Å². The second kappa shape index (κ2) is 5.75. The molecule has 1 N–H and O–H groups in total. The van der Waals surface area contributed by atoms with E-state index in [1.807, 2.05) is 38.1 Å². The molecule has 20 heavy (non-hydrogen) atoms. The molecule has 4 nitrogen and oxygen atoms in total.